The molecule has 1 saturated heterocycles. The molecule has 1 saturated carbocycles. The van der Waals surface area contributed by atoms with Crippen molar-refractivity contribution >= 4 is 22.5 Å². The number of anilines is 1. The van der Waals surface area contributed by atoms with Gasteiger partial charge in [0.1, 0.15) is 5.75 Å². The van der Waals surface area contributed by atoms with Crippen molar-refractivity contribution in [2.24, 2.45) is 5.92 Å². The van der Waals surface area contributed by atoms with Crippen LogP contribution in [0.5, 0.6) is 5.75 Å². The Morgan fingerprint density at radius 2 is 1.78 bits per heavy atom. The van der Waals surface area contributed by atoms with Gasteiger partial charge in [-0.15, -0.1) is 0 Å². The van der Waals surface area contributed by atoms with Crippen LogP contribution in [-0.4, -0.2) is 37.3 Å². The van der Waals surface area contributed by atoms with E-state index in [9.17, 15) is 4.79 Å². The molecule has 0 unspecified atom stereocenters. The van der Waals surface area contributed by atoms with E-state index in [4.69, 9.17) is 14.5 Å². The van der Waals surface area contributed by atoms with Gasteiger partial charge in [0, 0.05) is 48.6 Å². The number of aryl methyl sites for hydroxylation is 1. The van der Waals surface area contributed by atoms with E-state index in [-0.39, 0.29) is 5.91 Å². The summed E-state index contributed by atoms with van der Waals surface area (Å²) in [7, 11) is 1.61. The fourth-order valence-electron chi connectivity index (χ4n) is 4.80. The number of carbonyl (C=O) groups is 1. The standard InChI is InChI=1S/C26H31N3O2.C4H8O/c1-17-4-9-22(10-5-17)27-15-19-14-21-8-13-24(18(2)25(21)28-16-19)29-26(30)20-6-11-23(31-3)12-7-20;1-2-4-5-3-1/h6-8,11-14,16-17,22,27H,4-5,9-10,15H2,1-3H3,(H,29,30);1-4H2. The van der Waals surface area contributed by atoms with Gasteiger partial charge >= 0.3 is 0 Å². The van der Waals surface area contributed by atoms with Crippen molar-refractivity contribution in [2.45, 2.75) is 65.0 Å². The number of benzene rings is 2. The maximum absolute atomic E-state index is 12.6. The van der Waals surface area contributed by atoms with Gasteiger partial charge in [0.05, 0.1) is 12.6 Å². The van der Waals surface area contributed by atoms with E-state index in [1.807, 2.05) is 25.3 Å². The van der Waals surface area contributed by atoms with Crippen LogP contribution >= 0.6 is 0 Å². The molecule has 36 heavy (non-hydrogen) atoms. The number of aromatic nitrogens is 1. The van der Waals surface area contributed by atoms with Crippen molar-refractivity contribution in [2.75, 3.05) is 25.6 Å². The molecule has 0 bridgehead atoms. The number of fused-ring (bicyclic) bond motifs is 1. The van der Waals surface area contributed by atoms with Crippen LogP contribution < -0.4 is 15.4 Å². The molecule has 1 amide bonds. The van der Waals surface area contributed by atoms with Crippen LogP contribution in [0, 0.1) is 12.8 Å². The molecule has 6 heteroatoms. The number of rotatable bonds is 6. The molecular formula is C30H39N3O3. The van der Waals surface area contributed by atoms with Crippen LogP contribution in [0.25, 0.3) is 10.9 Å². The maximum Gasteiger partial charge on any atom is 0.255 e. The second-order valence-electron chi connectivity index (χ2n) is 9.99. The molecule has 0 spiro atoms. The zero-order chi connectivity index (χ0) is 25.3. The molecule has 0 radical (unpaired) electrons. The minimum Gasteiger partial charge on any atom is -0.497 e. The Morgan fingerprint density at radius 3 is 2.42 bits per heavy atom. The second-order valence-corrected chi connectivity index (χ2v) is 9.99. The molecule has 2 fully saturated rings. The first-order valence-corrected chi connectivity index (χ1v) is 13.2. The van der Waals surface area contributed by atoms with E-state index in [0.29, 0.717) is 11.6 Å². The fourth-order valence-corrected chi connectivity index (χ4v) is 4.80. The Kier molecular flexibility index (Phi) is 9.31. The highest BCUT2D eigenvalue weighted by Gasteiger charge is 2.17. The number of pyridine rings is 1. The summed E-state index contributed by atoms with van der Waals surface area (Å²) in [5, 5.41) is 7.80. The van der Waals surface area contributed by atoms with Crippen LogP contribution in [0.2, 0.25) is 0 Å². The summed E-state index contributed by atoms with van der Waals surface area (Å²) >= 11 is 0. The van der Waals surface area contributed by atoms with Crippen LogP contribution in [0.15, 0.2) is 48.7 Å². The molecule has 6 nitrogen and oxygen atoms in total. The second kappa shape index (κ2) is 12.8. The van der Waals surface area contributed by atoms with Gasteiger partial charge in [-0.3, -0.25) is 9.78 Å². The van der Waals surface area contributed by atoms with Gasteiger partial charge in [-0.1, -0.05) is 13.0 Å². The molecule has 2 aromatic carbocycles. The third kappa shape index (κ3) is 7.05. The molecule has 2 aliphatic rings. The summed E-state index contributed by atoms with van der Waals surface area (Å²) in [5.41, 5.74) is 4.46. The molecule has 2 heterocycles. The number of hydrogen-bond donors (Lipinski definition) is 2. The SMILES string of the molecule is C1CCOC1.COc1ccc(C(=O)Nc2ccc3cc(CNC4CCC(C)CC4)cnc3c2C)cc1. The molecule has 1 aromatic heterocycles. The van der Waals surface area contributed by atoms with E-state index >= 15 is 0 Å². The lowest BCUT2D eigenvalue weighted by molar-refractivity contribution is 0.102. The Bertz CT molecular complexity index is 1130. The van der Waals surface area contributed by atoms with E-state index < -0.39 is 0 Å². The molecule has 1 aliphatic heterocycles. The van der Waals surface area contributed by atoms with E-state index in [2.05, 4.69) is 23.6 Å². The van der Waals surface area contributed by atoms with Crippen molar-refractivity contribution in [3.63, 3.8) is 0 Å². The largest absolute Gasteiger partial charge is 0.497 e. The molecular weight excluding hydrogens is 450 g/mol. The van der Waals surface area contributed by atoms with E-state index in [0.717, 1.165) is 53.6 Å². The smallest absolute Gasteiger partial charge is 0.255 e. The molecule has 0 atom stereocenters. The highest BCUT2D eigenvalue weighted by Crippen LogP contribution is 2.26. The predicted molar refractivity (Wildman–Crippen MR) is 146 cm³/mol. The number of ether oxygens (including phenoxy) is 2. The Hall–Kier alpha value is -2.96. The Morgan fingerprint density at radius 1 is 1.06 bits per heavy atom. The molecule has 1 aliphatic carbocycles. The topological polar surface area (TPSA) is 72.5 Å². The van der Waals surface area contributed by atoms with Crippen molar-refractivity contribution in [3.8, 4) is 5.75 Å². The van der Waals surface area contributed by atoms with Gasteiger partial charge in [0.25, 0.3) is 5.91 Å². The predicted octanol–water partition coefficient (Wildman–Crippen LogP) is 6.27. The van der Waals surface area contributed by atoms with Gasteiger partial charge in [-0.2, -0.15) is 0 Å². The Balaban J connectivity index is 0.000000543. The zero-order valence-corrected chi connectivity index (χ0v) is 21.8. The number of hydrogen-bond acceptors (Lipinski definition) is 5. The van der Waals surface area contributed by atoms with Crippen LogP contribution in [0.4, 0.5) is 5.69 Å². The number of amides is 1. The van der Waals surface area contributed by atoms with Crippen molar-refractivity contribution < 1.29 is 14.3 Å². The first-order chi connectivity index (χ1) is 17.5. The average molecular weight is 490 g/mol. The van der Waals surface area contributed by atoms with Gasteiger partial charge < -0.3 is 20.1 Å². The lowest BCUT2D eigenvalue weighted by atomic mass is 9.87. The summed E-state index contributed by atoms with van der Waals surface area (Å²) in [6.45, 7) is 7.19. The highest BCUT2D eigenvalue weighted by atomic mass is 16.5. The third-order valence-corrected chi connectivity index (χ3v) is 7.20. The minimum absolute atomic E-state index is 0.146. The van der Waals surface area contributed by atoms with Crippen molar-refractivity contribution in [1.82, 2.24) is 10.3 Å². The molecule has 2 N–H and O–H groups in total. The van der Waals surface area contributed by atoms with Crippen LogP contribution in [0.3, 0.4) is 0 Å². The van der Waals surface area contributed by atoms with Crippen molar-refractivity contribution in [3.05, 3.63) is 65.4 Å². The Labute approximate surface area is 214 Å². The highest BCUT2D eigenvalue weighted by molar-refractivity contribution is 6.06. The number of carbonyl (C=O) groups excluding carboxylic acids is 1. The summed E-state index contributed by atoms with van der Waals surface area (Å²) in [4.78, 5) is 17.3. The average Bonchev–Trinajstić information content (AvgIpc) is 3.50. The van der Waals surface area contributed by atoms with Crippen LogP contribution in [-0.2, 0) is 11.3 Å². The van der Waals surface area contributed by atoms with Gasteiger partial charge in [0.2, 0.25) is 0 Å². The fraction of sp³-hybridized carbons (Fsp3) is 0.467. The summed E-state index contributed by atoms with van der Waals surface area (Å²) in [6, 6.07) is 13.9. The molecule has 5 rings (SSSR count). The van der Waals surface area contributed by atoms with Gasteiger partial charge in [-0.05, 0) is 98.9 Å². The van der Waals surface area contributed by atoms with Crippen LogP contribution in [0.1, 0.15) is 66.9 Å². The first-order valence-electron chi connectivity index (χ1n) is 13.2. The lowest BCUT2D eigenvalue weighted by Crippen LogP contribution is -2.32. The summed E-state index contributed by atoms with van der Waals surface area (Å²) < 4.78 is 10.1. The zero-order valence-electron chi connectivity index (χ0n) is 21.8. The normalized spacial score (nSPS) is 19.4. The number of nitrogens with one attached hydrogen (secondary N) is 2. The van der Waals surface area contributed by atoms with E-state index in [1.165, 1.54) is 44.1 Å². The molecule has 3 aromatic rings. The quantitative estimate of drug-likeness (QED) is 0.427. The third-order valence-electron chi connectivity index (χ3n) is 7.20. The monoisotopic (exact) mass is 489 g/mol. The summed E-state index contributed by atoms with van der Waals surface area (Å²) in [6.07, 6.45) is 9.66. The van der Waals surface area contributed by atoms with E-state index in [1.54, 1.807) is 31.4 Å². The number of nitrogens with zero attached hydrogens (tertiary/aromatic N) is 1. The maximum atomic E-state index is 12.6. The number of methoxy groups -OCH3 is 1. The van der Waals surface area contributed by atoms with Gasteiger partial charge in [-0.25, -0.2) is 0 Å². The van der Waals surface area contributed by atoms with Gasteiger partial charge in [0.15, 0.2) is 0 Å². The minimum atomic E-state index is -0.146. The summed E-state index contributed by atoms with van der Waals surface area (Å²) in [5.74, 6) is 1.45. The molecule has 192 valence electrons. The van der Waals surface area contributed by atoms with Crippen molar-refractivity contribution in [1.29, 1.82) is 0 Å². The first kappa shape index (κ1) is 26.1. The lowest BCUT2D eigenvalue weighted by Gasteiger charge is -2.27.